The van der Waals surface area contributed by atoms with E-state index < -0.39 is 6.04 Å². The van der Waals surface area contributed by atoms with Crippen molar-refractivity contribution in [1.82, 2.24) is 15.1 Å². The average molecular weight is 426 g/mol. The second-order valence-electron chi connectivity index (χ2n) is 7.50. The van der Waals surface area contributed by atoms with Gasteiger partial charge in [0.25, 0.3) is 0 Å². The minimum Gasteiger partial charge on any atom is -0.494 e. The summed E-state index contributed by atoms with van der Waals surface area (Å²) in [4.78, 5) is 29.1. The van der Waals surface area contributed by atoms with Crippen molar-refractivity contribution in [3.63, 3.8) is 0 Å². The van der Waals surface area contributed by atoms with Gasteiger partial charge in [0, 0.05) is 32.2 Å². The topological polar surface area (TPSA) is 71.1 Å². The van der Waals surface area contributed by atoms with E-state index in [0.717, 1.165) is 17.1 Å². The molecule has 0 aromatic heterocycles. The second-order valence-corrected chi connectivity index (χ2v) is 7.50. The number of hydrogen-bond donors (Lipinski definition) is 1. The number of para-hydroxylation sites is 2. The highest BCUT2D eigenvalue weighted by Gasteiger charge is 2.32. The Hall–Kier alpha value is -3.06. The van der Waals surface area contributed by atoms with Crippen LogP contribution in [0.3, 0.4) is 0 Å². The van der Waals surface area contributed by atoms with Crippen molar-refractivity contribution in [3.8, 4) is 11.5 Å². The highest BCUT2D eigenvalue weighted by atomic mass is 16.5. The van der Waals surface area contributed by atoms with E-state index in [9.17, 15) is 9.59 Å². The van der Waals surface area contributed by atoms with Crippen LogP contribution < -0.4 is 14.8 Å². The van der Waals surface area contributed by atoms with Crippen LogP contribution in [0.2, 0.25) is 0 Å². The number of carbonyl (C=O) groups excluding carboxylic acids is 2. The zero-order valence-electron chi connectivity index (χ0n) is 18.3. The Balaban J connectivity index is 1.58. The van der Waals surface area contributed by atoms with Gasteiger partial charge >= 0.3 is 0 Å². The second kappa shape index (κ2) is 11.4. The Bertz CT molecular complexity index is 859. The molecule has 1 fully saturated rings. The van der Waals surface area contributed by atoms with Crippen molar-refractivity contribution in [3.05, 3.63) is 60.2 Å². The van der Waals surface area contributed by atoms with Gasteiger partial charge in [-0.3, -0.25) is 14.5 Å². The van der Waals surface area contributed by atoms with Gasteiger partial charge < -0.3 is 19.7 Å². The zero-order chi connectivity index (χ0) is 22.1. The maximum Gasteiger partial charge on any atom is 0.237 e. The molecule has 1 aliphatic rings. The number of piperazine rings is 1. The standard InChI is InChI=1S/C24H31N3O4/c1-3-30-22-12-8-7-9-19(22)18-27-14-13-25-24(29)21(27)17-23(28)26(2)15-16-31-20-10-5-4-6-11-20/h4-12,21H,3,13-18H2,1-2H3,(H,25,29)/t21-/m1/s1. The van der Waals surface area contributed by atoms with E-state index in [1.807, 2.05) is 61.5 Å². The summed E-state index contributed by atoms with van der Waals surface area (Å²) in [5.41, 5.74) is 1.01. The Morgan fingerprint density at radius 3 is 2.65 bits per heavy atom. The number of amides is 2. The molecule has 0 saturated carbocycles. The third-order valence-electron chi connectivity index (χ3n) is 5.32. The highest BCUT2D eigenvalue weighted by Crippen LogP contribution is 2.22. The predicted octanol–water partition coefficient (Wildman–Crippen LogP) is 2.31. The van der Waals surface area contributed by atoms with Crippen molar-refractivity contribution >= 4 is 11.8 Å². The summed E-state index contributed by atoms with van der Waals surface area (Å²) >= 11 is 0. The maximum atomic E-state index is 12.8. The molecule has 2 aromatic carbocycles. The number of carbonyl (C=O) groups is 2. The molecule has 1 atom stereocenters. The van der Waals surface area contributed by atoms with Gasteiger partial charge in [-0.25, -0.2) is 0 Å². The van der Waals surface area contributed by atoms with Gasteiger partial charge in [-0.15, -0.1) is 0 Å². The normalized spacial score (nSPS) is 16.5. The Morgan fingerprint density at radius 2 is 1.87 bits per heavy atom. The van der Waals surface area contributed by atoms with E-state index in [4.69, 9.17) is 9.47 Å². The third kappa shape index (κ3) is 6.46. The highest BCUT2D eigenvalue weighted by molar-refractivity contribution is 5.88. The number of rotatable bonds is 10. The Morgan fingerprint density at radius 1 is 1.13 bits per heavy atom. The summed E-state index contributed by atoms with van der Waals surface area (Å²) in [7, 11) is 1.74. The monoisotopic (exact) mass is 425 g/mol. The van der Waals surface area contributed by atoms with Crippen LogP contribution in [0.15, 0.2) is 54.6 Å². The molecule has 166 valence electrons. The fraction of sp³-hybridized carbons (Fsp3) is 0.417. The minimum absolute atomic E-state index is 0.0817. The number of benzene rings is 2. The molecular weight excluding hydrogens is 394 g/mol. The van der Waals surface area contributed by atoms with Crippen LogP contribution in [-0.2, 0) is 16.1 Å². The molecule has 0 aliphatic carbocycles. The smallest absolute Gasteiger partial charge is 0.237 e. The minimum atomic E-state index is -0.506. The Labute approximate surface area is 183 Å². The largest absolute Gasteiger partial charge is 0.494 e. The summed E-state index contributed by atoms with van der Waals surface area (Å²) in [6, 6.07) is 16.8. The number of ether oxygens (including phenoxy) is 2. The van der Waals surface area contributed by atoms with Crippen molar-refractivity contribution in [2.24, 2.45) is 0 Å². The number of nitrogens with zero attached hydrogens (tertiary/aromatic N) is 2. The van der Waals surface area contributed by atoms with Crippen LogP contribution >= 0.6 is 0 Å². The Kier molecular flexibility index (Phi) is 8.29. The van der Waals surface area contributed by atoms with E-state index in [1.54, 1.807) is 11.9 Å². The fourth-order valence-electron chi connectivity index (χ4n) is 3.59. The van der Waals surface area contributed by atoms with E-state index in [1.165, 1.54) is 0 Å². The molecular formula is C24H31N3O4. The van der Waals surface area contributed by atoms with Gasteiger partial charge in [0.15, 0.2) is 0 Å². The molecule has 1 saturated heterocycles. The first kappa shape index (κ1) is 22.6. The van der Waals surface area contributed by atoms with Crippen LogP contribution in [-0.4, -0.2) is 67.6 Å². The van der Waals surface area contributed by atoms with Crippen molar-refractivity contribution in [1.29, 1.82) is 0 Å². The third-order valence-corrected chi connectivity index (χ3v) is 5.32. The van der Waals surface area contributed by atoms with Crippen molar-refractivity contribution in [2.45, 2.75) is 25.9 Å². The first-order valence-corrected chi connectivity index (χ1v) is 10.7. The predicted molar refractivity (Wildman–Crippen MR) is 119 cm³/mol. The molecule has 1 aliphatic heterocycles. The lowest BCUT2D eigenvalue weighted by atomic mass is 10.1. The summed E-state index contributed by atoms with van der Waals surface area (Å²) in [5.74, 6) is 1.40. The molecule has 1 N–H and O–H groups in total. The summed E-state index contributed by atoms with van der Waals surface area (Å²) in [6.45, 7) is 5.19. The molecule has 0 radical (unpaired) electrons. The fourth-order valence-corrected chi connectivity index (χ4v) is 3.59. The number of hydrogen-bond acceptors (Lipinski definition) is 5. The molecule has 0 spiro atoms. The molecule has 1 heterocycles. The van der Waals surface area contributed by atoms with Gasteiger partial charge in [0.05, 0.1) is 25.6 Å². The van der Waals surface area contributed by atoms with E-state index in [-0.39, 0.29) is 18.2 Å². The molecule has 2 amide bonds. The molecule has 31 heavy (non-hydrogen) atoms. The van der Waals surface area contributed by atoms with Crippen LogP contribution in [0.5, 0.6) is 11.5 Å². The van der Waals surface area contributed by atoms with Crippen LogP contribution in [0.1, 0.15) is 18.9 Å². The van der Waals surface area contributed by atoms with Gasteiger partial charge in [-0.1, -0.05) is 36.4 Å². The summed E-state index contributed by atoms with van der Waals surface area (Å²) in [5, 5.41) is 2.89. The van der Waals surface area contributed by atoms with Gasteiger partial charge in [0.1, 0.15) is 18.1 Å². The first-order valence-electron chi connectivity index (χ1n) is 10.7. The zero-order valence-corrected chi connectivity index (χ0v) is 18.3. The van der Waals surface area contributed by atoms with Gasteiger partial charge in [0.2, 0.25) is 11.8 Å². The van der Waals surface area contributed by atoms with E-state index in [2.05, 4.69) is 10.2 Å². The quantitative estimate of drug-likeness (QED) is 0.633. The lowest BCUT2D eigenvalue weighted by Crippen LogP contribution is -2.56. The van der Waals surface area contributed by atoms with Gasteiger partial charge in [-0.05, 0) is 25.1 Å². The van der Waals surface area contributed by atoms with Crippen molar-refractivity contribution < 1.29 is 19.1 Å². The molecule has 7 heteroatoms. The maximum absolute atomic E-state index is 12.8. The van der Waals surface area contributed by atoms with E-state index in [0.29, 0.717) is 39.4 Å². The lowest BCUT2D eigenvalue weighted by molar-refractivity contribution is -0.138. The number of likely N-dealkylation sites (N-methyl/N-ethyl adjacent to an activating group) is 1. The first-order chi connectivity index (χ1) is 15.1. The lowest BCUT2D eigenvalue weighted by Gasteiger charge is -2.35. The van der Waals surface area contributed by atoms with Crippen LogP contribution in [0.25, 0.3) is 0 Å². The van der Waals surface area contributed by atoms with Crippen LogP contribution in [0, 0.1) is 0 Å². The van der Waals surface area contributed by atoms with Gasteiger partial charge in [-0.2, -0.15) is 0 Å². The summed E-state index contributed by atoms with van der Waals surface area (Å²) < 4.78 is 11.4. The number of nitrogens with one attached hydrogen (secondary N) is 1. The van der Waals surface area contributed by atoms with Crippen molar-refractivity contribution in [2.75, 3.05) is 39.9 Å². The molecule has 2 aromatic rings. The molecule has 7 nitrogen and oxygen atoms in total. The average Bonchev–Trinajstić information content (AvgIpc) is 2.78. The SMILES string of the molecule is CCOc1ccccc1CN1CCNC(=O)[C@H]1CC(=O)N(C)CCOc1ccccc1. The molecule has 0 bridgehead atoms. The molecule has 0 unspecified atom stereocenters. The summed E-state index contributed by atoms with van der Waals surface area (Å²) in [6.07, 6.45) is 0.129. The molecule has 3 rings (SSSR count). The van der Waals surface area contributed by atoms with E-state index >= 15 is 0 Å². The van der Waals surface area contributed by atoms with Crippen LogP contribution in [0.4, 0.5) is 0 Å².